The number of amides is 2. The molecule has 0 aliphatic rings. The molecule has 124 valence electrons. The van der Waals surface area contributed by atoms with Gasteiger partial charge >= 0.3 is 5.97 Å². The van der Waals surface area contributed by atoms with Crippen molar-refractivity contribution in [1.29, 1.82) is 5.41 Å². The van der Waals surface area contributed by atoms with E-state index < -0.39 is 12.0 Å². The van der Waals surface area contributed by atoms with Gasteiger partial charge < -0.3 is 21.5 Å². The Balaban J connectivity index is 2.37. The Morgan fingerprint density at radius 2 is 1.74 bits per heavy atom. The largest absolute Gasteiger partial charge is 0.481 e. The van der Waals surface area contributed by atoms with Crippen LogP contribution in [-0.4, -0.2) is 34.8 Å². The Hall–Kier alpha value is -2.90. The lowest BCUT2D eigenvalue weighted by Gasteiger charge is -2.11. The van der Waals surface area contributed by atoms with Crippen LogP contribution in [0.3, 0.4) is 0 Å². The predicted octanol–water partition coefficient (Wildman–Crippen LogP) is 0.669. The normalized spacial score (nSPS) is 11.3. The van der Waals surface area contributed by atoms with Crippen molar-refractivity contribution < 1.29 is 19.5 Å². The van der Waals surface area contributed by atoms with Crippen molar-refractivity contribution in [2.45, 2.75) is 32.2 Å². The number of hydrogen-bond donors (Lipinski definition) is 5. The lowest BCUT2D eigenvalue weighted by molar-refractivity contribution is -0.137. The number of nitrogens with one attached hydrogen (secondary N) is 3. The highest BCUT2D eigenvalue weighted by Gasteiger charge is 2.12. The second-order valence-corrected chi connectivity index (χ2v) is 5.11. The van der Waals surface area contributed by atoms with E-state index in [1.54, 1.807) is 31.2 Å². The van der Waals surface area contributed by atoms with Gasteiger partial charge in [0, 0.05) is 30.1 Å². The summed E-state index contributed by atoms with van der Waals surface area (Å²) in [5.74, 6) is -1.76. The number of carboxylic acids is 1. The molecule has 1 unspecified atom stereocenters. The molecule has 8 nitrogen and oxygen atoms in total. The van der Waals surface area contributed by atoms with Gasteiger partial charge in [0.25, 0.3) is 0 Å². The molecule has 6 N–H and O–H groups in total. The molecule has 0 aliphatic carbocycles. The lowest BCUT2D eigenvalue weighted by Crippen LogP contribution is -2.34. The molecule has 8 heteroatoms. The first-order valence-corrected chi connectivity index (χ1v) is 7.03. The number of nitrogens with two attached hydrogens (primary N) is 1. The Labute approximate surface area is 133 Å². The SMILES string of the molecule is CC(CC(=O)O)NC(=O)CCC(=O)Nc1ccc(C(=N)N)cc1. The van der Waals surface area contributed by atoms with Crippen LogP contribution in [0.25, 0.3) is 0 Å². The summed E-state index contributed by atoms with van der Waals surface area (Å²) < 4.78 is 0. The fourth-order valence-corrected chi connectivity index (χ4v) is 1.84. The van der Waals surface area contributed by atoms with Crippen LogP contribution in [0.2, 0.25) is 0 Å². The van der Waals surface area contributed by atoms with Crippen LogP contribution in [-0.2, 0) is 14.4 Å². The molecular weight excluding hydrogens is 300 g/mol. The highest BCUT2D eigenvalue weighted by atomic mass is 16.4. The number of rotatable bonds is 8. The fraction of sp³-hybridized carbons (Fsp3) is 0.333. The summed E-state index contributed by atoms with van der Waals surface area (Å²) in [5, 5.41) is 21.0. The molecule has 23 heavy (non-hydrogen) atoms. The van der Waals surface area contributed by atoms with Crippen molar-refractivity contribution in [3.63, 3.8) is 0 Å². The maximum absolute atomic E-state index is 11.7. The zero-order chi connectivity index (χ0) is 17.4. The summed E-state index contributed by atoms with van der Waals surface area (Å²) in [6.45, 7) is 1.59. The average molecular weight is 320 g/mol. The third-order valence-corrected chi connectivity index (χ3v) is 2.95. The van der Waals surface area contributed by atoms with Gasteiger partial charge in [-0.1, -0.05) is 0 Å². The minimum atomic E-state index is -0.996. The monoisotopic (exact) mass is 320 g/mol. The summed E-state index contributed by atoms with van der Waals surface area (Å²) >= 11 is 0. The van der Waals surface area contributed by atoms with Gasteiger partial charge in [-0.3, -0.25) is 19.8 Å². The van der Waals surface area contributed by atoms with E-state index in [4.69, 9.17) is 16.2 Å². The number of benzene rings is 1. The molecule has 1 aromatic carbocycles. The summed E-state index contributed by atoms with van der Waals surface area (Å²) in [4.78, 5) is 33.8. The first-order chi connectivity index (χ1) is 10.8. The minimum Gasteiger partial charge on any atom is -0.481 e. The topological polar surface area (TPSA) is 145 Å². The summed E-state index contributed by atoms with van der Waals surface area (Å²) in [5.41, 5.74) is 6.42. The molecule has 0 fully saturated rings. The van der Waals surface area contributed by atoms with E-state index in [0.29, 0.717) is 11.3 Å². The van der Waals surface area contributed by atoms with Gasteiger partial charge in [-0.15, -0.1) is 0 Å². The highest BCUT2D eigenvalue weighted by Crippen LogP contribution is 2.10. The maximum atomic E-state index is 11.7. The quantitative estimate of drug-likeness (QED) is 0.353. The first kappa shape index (κ1) is 18.1. The number of aliphatic carboxylic acids is 1. The molecule has 0 heterocycles. The molecule has 0 aliphatic heterocycles. The minimum absolute atomic E-state index is 0.0138. The molecular formula is C15H20N4O4. The number of nitrogen functional groups attached to an aromatic ring is 1. The molecule has 2 amide bonds. The molecule has 0 spiro atoms. The smallest absolute Gasteiger partial charge is 0.305 e. The van der Waals surface area contributed by atoms with Gasteiger partial charge in [0.1, 0.15) is 5.84 Å². The van der Waals surface area contributed by atoms with Crippen LogP contribution in [0, 0.1) is 5.41 Å². The van der Waals surface area contributed by atoms with E-state index >= 15 is 0 Å². The number of carbonyl (C=O) groups excluding carboxylic acids is 2. The Bertz CT molecular complexity index is 598. The van der Waals surface area contributed by atoms with E-state index in [1.807, 2.05) is 0 Å². The summed E-state index contributed by atoms with van der Waals surface area (Å²) in [6.07, 6.45) is -0.207. The van der Waals surface area contributed by atoms with Crippen LogP contribution in [0.15, 0.2) is 24.3 Å². The zero-order valence-electron chi connectivity index (χ0n) is 12.8. The van der Waals surface area contributed by atoms with E-state index in [0.717, 1.165) is 0 Å². The predicted molar refractivity (Wildman–Crippen MR) is 85.2 cm³/mol. The fourth-order valence-electron chi connectivity index (χ4n) is 1.84. The first-order valence-electron chi connectivity index (χ1n) is 7.03. The van der Waals surface area contributed by atoms with Gasteiger partial charge in [-0.2, -0.15) is 0 Å². The van der Waals surface area contributed by atoms with Crippen LogP contribution in [0.1, 0.15) is 31.7 Å². The second kappa shape index (κ2) is 8.52. The van der Waals surface area contributed by atoms with Crippen molar-refractivity contribution >= 4 is 29.3 Å². The van der Waals surface area contributed by atoms with Crippen LogP contribution in [0.5, 0.6) is 0 Å². The molecule has 1 rings (SSSR count). The second-order valence-electron chi connectivity index (χ2n) is 5.11. The van der Waals surface area contributed by atoms with Gasteiger partial charge in [-0.05, 0) is 31.2 Å². The highest BCUT2D eigenvalue weighted by molar-refractivity contribution is 5.96. The molecule has 0 saturated heterocycles. The standard InChI is InChI=1S/C15H20N4O4/c1-9(8-14(22)23)18-12(20)6-7-13(21)19-11-4-2-10(3-5-11)15(16)17/h2-5,9H,6-8H2,1H3,(H3,16,17)(H,18,20)(H,19,21)(H,22,23). The van der Waals surface area contributed by atoms with E-state index in [-0.39, 0.29) is 36.9 Å². The molecule has 0 radical (unpaired) electrons. The summed E-state index contributed by atoms with van der Waals surface area (Å²) in [6, 6.07) is 5.96. The van der Waals surface area contributed by atoms with Crippen molar-refractivity contribution in [3.05, 3.63) is 29.8 Å². The van der Waals surface area contributed by atoms with Crippen molar-refractivity contribution in [3.8, 4) is 0 Å². The van der Waals surface area contributed by atoms with E-state index in [9.17, 15) is 14.4 Å². The Morgan fingerprint density at radius 1 is 1.17 bits per heavy atom. The van der Waals surface area contributed by atoms with Gasteiger partial charge in [0.2, 0.25) is 11.8 Å². The van der Waals surface area contributed by atoms with Gasteiger partial charge in [-0.25, -0.2) is 0 Å². The Kier molecular flexibility index (Phi) is 6.72. The Morgan fingerprint density at radius 3 is 2.26 bits per heavy atom. The number of carbonyl (C=O) groups is 3. The van der Waals surface area contributed by atoms with Gasteiger partial charge in [0.05, 0.1) is 6.42 Å². The van der Waals surface area contributed by atoms with Crippen LogP contribution in [0.4, 0.5) is 5.69 Å². The molecule has 1 aromatic rings. The number of hydrogen-bond acceptors (Lipinski definition) is 4. The van der Waals surface area contributed by atoms with Crippen molar-refractivity contribution in [2.24, 2.45) is 5.73 Å². The lowest BCUT2D eigenvalue weighted by atomic mass is 10.2. The molecule has 1 atom stereocenters. The molecule has 0 aromatic heterocycles. The third kappa shape index (κ3) is 7.07. The maximum Gasteiger partial charge on any atom is 0.305 e. The average Bonchev–Trinajstić information content (AvgIpc) is 2.44. The van der Waals surface area contributed by atoms with Crippen LogP contribution >= 0.6 is 0 Å². The van der Waals surface area contributed by atoms with Crippen molar-refractivity contribution in [1.82, 2.24) is 5.32 Å². The number of amidine groups is 1. The van der Waals surface area contributed by atoms with Crippen LogP contribution < -0.4 is 16.4 Å². The number of carboxylic acid groups (broad SMARTS) is 1. The zero-order valence-corrected chi connectivity index (χ0v) is 12.8. The van der Waals surface area contributed by atoms with E-state index in [1.165, 1.54) is 0 Å². The molecule has 0 bridgehead atoms. The third-order valence-electron chi connectivity index (χ3n) is 2.95. The number of anilines is 1. The van der Waals surface area contributed by atoms with Gasteiger partial charge in [0.15, 0.2) is 0 Å². The van der Waals surface area contributed by atoms with Crippen molar-refractivity contribution in [2.75, 3.05) is 5.32 Å². The molecule has 0 saturated carbocycles. The van der Waals surface area contributed by atoms with E-state index in [2.05, 4.69) is 10.6 Å². The summed E-state index contributed by atoms with van der Waals surface area (Å²) in [7, 11) is 0.